The van der Waals surface area contributed by atoms with E-state index in [1.807, 2.05) is 0 Å². The number of carbonyl (C=O) groups excluding carboxylic acids is 1. The fourth-order valence-electron chi connectivity index (χ4n) is 2.62. The predicted octanol–water partition coefficient (Wildman–Crippen LogP) is 5.13. The molecule has 1 aliphatic carbocycles. The Bertz CT molecular complexity index is 501. The zero-order valence-electron chi connectivity index (χ0n) is 11.1. The average molecular weight is 331 g/mol. The van der Waals surface area contributed by atoms with E-state index in [-0.39, 0.29) is 21.4 Å². The van der Waals surface area contributed by atoms with Gasteiger partial charge in [0.15, 0.2) is 11.6 Å². The lowest BCUT2D eigenvalue weighted by molar-refractivity contribution is 0.0829. The molecule has 0 aromatic heterocycles. The van der Waals surface area contributed by atoms with Crippen LogP contribution in [-0.4, -0.2) is 5.78 Å². The highest BCUT2D eigenvalue weighted by Gasteiger charge is 2.33. The minimum atomic E-state index is -0.783. The molecule has 0 aliphatic heterocycles. The SMILES string of the molecule is CC1(C)CCC(C(=O)c2c(F)ccc(Br)c2F)CC1. The number of Topliss-reactive ketones (excluding diaryl/α,β-unsaturated/α-hetero) is 1. The molecule has 104 valence electrons. The van der Waals surface area contributed by atoms with Crippen LogP contribution in [0.5, 0.6) is 0 Å². The molecule has 0 saturated heterocycles. The summed E-state index contributed by atoms with van der Waals surface area (Å²) in [6.07, 6.45) is 3.25. The van der Waals surface area contributed by atoms with E-state index in [1.54, 1.807) is 0 Å². The summed E-state index contributed by atoms with van der Waals surface area (Å²) in [7, 11) is 0. The highest BCUT2D eigenvalue weighted by molar-refractivity contribution is 9.10. The maximum Gasteiger partial charge on any atom is 0.171 e. The maximum atomic E-state index is 13.9. The van der Waals surface area contributed by atoms with Crippen LogP contribution in [0.1, 0.15) is 49.9 Å². The molecule has 1 aromatic carbocycles. The first-order chi connectivity index (χ1) is 8.82. The Hall–Kier alpha value is -0.770. The van der Waals surface area contributed by atoms with Crippen molar-refractivity contribution in [1.82, 2.24) is 0 Å². The average Bonchev–Trinajstić information content (AvgIpc) is 2.34. The van der Waals surface area contributed by atoms with Gasteiger partial charge in [-0.3, -0.25) is 4.79 Å². The van der Waals surface area contributed by atoms with Crippen LogP contribution < -0.4 is 0 Å². The second-order valence-corrected chi connectivity index (χ2v) is 6.88. The van der Waals surface area contributed by atoms with Gasteiger partial charge >= 0.3 is 0 Å². The highest BCUT2D eigenvalue weighted by atomic mass is 79.9. The van der Waals surface area contributed by atoms with Crippen LogP contribution in [0.25, 0.3) is 0 Å². The normalized spacial score (nSPS) is 19.4. The predicted molar refractivity (Wildman–Crippen MR) is 74.1 cm³/mol. The number of ketones is 1. The summed E-state index contributed by atoms with van der Waals surface area (Å²) in [6.45, 7) is 4.32. The van der Waals surface area contributed by atoms with Crippen LogP contribution in [0, 0.1) is 23.0 Å². The first-order valence-corrected chi connectivity index (χ1v) is 7.29. The molecule has 0 unspecified atom stereocenters. The molecule has 1 fully saturated rings. The number of halogens is 3. The second kappa shape index (κ2) is 5.31. The minimum absolute atomic E-state index is 0.133. The molecule has 0 heterocycles. The first-order valence-electron chi connectivity index (χ1n) is 6.49. The largest absolute Gasteiger partial charge is 0.294 e. The lowest BCUT2D eigenvalue weighted by Crippen LogP contribution is -2.27. The van der Waals surface area contributed by atoms with Gasteiger partial charge in [-0.05, 0) is 59.2 Å². The third-order valence-electron chi connectivity index (χ3n) is 4.00. The summed E-state index contributed by atoms with van der Waals surface area (Å²) in [5.41, 5.74) is -0.162. The van der Waals surface area contributed by atoms with Gasteiger partial charge in [-0.15, -0.1) is 0 Å². The van der Waals surface area contributed by atoms with E-state index in [0.717, 1.165) is 18.9 Å². The zero-order valence-corrected chi connectivity index (χ0v) is 12.7. The number of benzene rings is 1. The maximum absolute atomic E-state index is 13.9. The van der Waals surface area contributed by atoms with Gasteiger partial charge in [-0.25, -0.2) is 8.78 Å². The van der Waals surface area contributed by atoms with E-state index in [9.17, 15) is 13.6 Å². The molecule has 2 rings (SSSR count). The molecule has 1 aromatic rings. The fourth-order valence-corrected chi connectivity index (χ4v) is 2.95. The topological polar surface area (TPSA) is 17.1 Å². The lowest BCUT2D eigenvalue weighted by atomic mass is 9.71. The molecule has 4 heteroatoms. The lowest BCUT2D eigenvalue weighted by Gasteiger charge is -2.33. The van der Waals surface area contributed by atoms with Crippen molar-refractivity contribution in [2.45, 2.75) is 39.5 Å². The molecule has 0 amide bonds. The number of carbonyl (C=O) groups is 1. The van der Waals surface area contributed by atoms with Crippen LogP contribution in [-0.2, 0) is 0 Å². The second-order valence-electron chi connectivity index (χ2n) is 6.02. The summed E-state index contributed by atoms with van der Waals surface area (Å²) in [5, 5.41) is 0. The Morgan fingerprint density at radius 2 is 1.84 bits per heavy atom. The van der Waals surface area contributed by atoms with Crippen molar-refractivity contribution in [3.63, 3.8) is 0 Å². The molecule has 0 atom stereocenters. The van der Waals surface area contributed by atoms with E-state index in [0.29, 0.717) is 12.8 Å². The van der Waals surface area contributed by atoms with Crippen molar-refractivity contribution in [3.8, 4) is 0 Å². The van der Waals surface area contributed by atoms with Crippen LogP contribution in [0.2, 0.25) is 0 Å². The number of rotatable bonds is 2. The smallest absolute Gasteiger partial charge is 0.171 e. The van der Waals surface area contributed by atoms with Crippen molar-refractivity contribution < 1.29 is 13.6 Å². The van der Waals surface area contributed by atoms with E-state index < -0.39 is 17.4 Å². The summed E-state index contributed by atoms with van der Waals surface area (Å²) < 4.78 is 27.8. The Balaban J connectivity index is 2.24. The van der Waals surface area contributed by atoms with E-state index in [1.165, 1.54) is 6.07 Å². The zero-order chi connectivity index (χ0) is 14.2. The fraction of sp³-hybridized carbons (Fsp3) is 0.533. The van der Waals surface area contributed by atoms with Crippen molar-refractivity contribution in [3.05, 3.63) is 33.8 Å². The van der Waals surface area contributed by atoms with E-state index >= 15 is 0 Å². The summed E-state index contributed by atoms with van der Waals surface area (Å²) in [5.74, 6) is -2.21. The summed E-state index contributed by atoms with van der Waals surface area (Å²) >= 11 is 3.00. The molecule has 0 spiro atoms. The standard InChI is InChI=1S/C15H17BrF2O/c1-15(2)7-5-9(6-8-15)14(19)12-11(17)4-3-10(16)13(12)18/h3-4,9H,5-8H2,1-2H3. The number of hydrogen-bond donors (Lipinski definition) is 0. The van der Waals surface area contributed by atoms with Gasteiger partial charge in [0.25, 0.3) is 0 Å². The summed E-state index contributed by atoms with van der Waals surface area (Å²) in [6, 6.07) is 2.42. The van der Waals surface area contributed by atoms with Crippen LogP contribution in [0.3, 0.4) is 0 Å². The third-order valence-corrected chi connectivity index (χ3v) is 4.61. The Labute approximate surface area is 120 Å². The molecular formula is C15H17BrF2O. The molecular weight excluding hydrogens is 314 g/mol. The number of hydrogen-bond acceptors (Lipinski definition) is 1. The van der Waals surface area contributed by atoms with Gasteiger partial charge < -0.3 is 0 Å². The van der Waals surface area contributed by atoms with Crippen LogP contribution in [0.15, 0.2) is 16.6 Å². The van der Waals surface area contributed by atoms with Crippen LogP contribution >= 0.6 is 15.9 Å². The van der Waals surface area contributed by atoms with Crippen molar-refractivity contribution in [2.24, 2.45) is 11.3 Å². The molecule has 0 bridgehead atoms. The summed E-state index contributed by atoms with van der Waals surface area (Å²) in [4.78, 5) is 12.3. The van der Waals surface area contributed by atoms with Gasteiger partial charge in [-0.1, -0.05) is 13.8 Å². The molecule has 1 nitrogen and oxygen atoms in total. The van der Waals surface area contributed by atoms with E-state index in [2.05, 4.69) is 29.8 Å². The Morgan fingerprint density at radius 3 is 2.42 bits per heavy atom. The molecule has 0 radical (unpaired) electrons. The van der Waals surface area contributed by atoms with Gasteiger partial charge in [0, 0.05) is 5.92 Å². The quantitative estimate of drug-likeness (QED) is 0.543. The molecule has 1 aliphatic rings. The molecule has 1 saturated carbocycles. The van der Waals surface area contributed by atoms with E-state index in [4.69, 9.17) is 0 Å². The highest BCUT2D eigenvalue weighted by Crippen LogP contribution is 2.39. The third kappa shape index (κ3) is 3.04. The Morgan fingerprint density at radius 1 is 1.26 bits per heavy atom. The Kier molecular flexibility index (Phi) is 4.09. The molecule has 0 N–H and O–H groups in total. The van der Waals surface area contributed by atoms with Crippen molar-refractivity contribution in [2.75, 3.05) is 0 Å². The van der Waals surface area contributed by atoms with Crippen molar-refractivity contribution in [1.29, 1.82) is 0 Å². The van der Waals surface area contributed by atoms with Crippen LogP contribution in [0.4, 0.5) is 8.78 Å². The monoisotopic (exact) mass is 330 g/mol. The molecule has 19 heavy (non-hydrogen) atoms. The van der Waals surface area contributed by atoms with Gasteiger partial charge in [-0.2, -0.15) is 0 Å². The van der Waals surface area contributed by atoms with Crippen molar-refractivity contribution >= 4 is 21.7 Å². The first kappa shape index (κ1) is 14.6. The van der Waals surface area contributed by atoms with Gasteiger partial charge in [0.1, 0.15) is 5.82 Å². The van der Waals surface area contributed by atoms with Gasteiger partial charge in [0.05, 0.1) is 10.0 Å². The van der Waals surface area contributed by atoms with Gasteiger partial charge in [0.2, 0.25) is 0 Å². The minimum Gasteiger partial charge on any atom is -0.294 e.